The van der Waals surface area contributed by atoms with Crippen LogP contribution in [0.15, 0.2) is 0 Å². The van der Waals surface area contributed by atoms with Gasteiger partial charge in [-0.05, 0) is 32.2 Å². The first-order valence-electron chi connectivity index (χ1n) is 4.98. The first kappa shape index (κ1) is 11.9. The Morgan fingerprint density at radius 3 is 2.60 bits per heavy atom. The summed E-state index contributed by atoms with van der Waals surface area (Å²) in [4.78, 5) is 21.6. The van der Waals surface area contributed by atoms with Crippen LogP contribution >= 0.6 is 0 Å². The van der Waals surface area contributed by atoms with Crippen molar-refractivity contribution in [3.8, 4) is 0 Å². The van der Waals surface area contributed by atoms with E-state index in [2.05, 4.69) is 0 Å². The number of ether oxygens (including phenoxy) is 1. The molecular formula is C9H17N3O3. The summed E-state index contributed by atoms with van der Waals surface area (Å²) in [6.07, 6.45) is 1.18. The molecule has 0 aromatic carbocycles. The van der Waals surface area contributed by atoms with E-state index < -0.39 is 18.0 Å². The van der Waals surface area contributed by atoms with Gasteiger partial charge in [-0.25, -0.2) is 4.79 Å². The van der Waals surface area contributed by atoms with E-state index >= 15 is 0 Å². The van der Waals surface area contributed by atoms with Crippen LogP contribution in [-0.2, 0) is 9.53 Å². The lowest BCUT2D eigenvalue weighted by Crippen LogP contribution is -2.45. The molecule has 0 saturated heterocycles. The van der Waals surface area contributed by atoms with Crippen LogP contribution in [0.4, 0.5) is 4.79 Å². The van der Waals surface area contributed by atoms with Crippen molar-refractivity contribution in [2.24, 2.45) is 17.4 Å². The molecule has 0 aromatic rings. The summed E-state index contributed by atoms with van der Waals surface area (Å²) in [5.41, 5.74) is 10.3. The number of imide groups is 1. The van der Waals surface area contributed by atoms with Gasteiger partial charge in [-0.1, -0.05) is 0 Å². The number of amides is 3. The van der Waals surface area contributed by atoms with E-state index in [-0.39, 0.29) is 6.10 Å². The number of primary amides is 1. The van der Waals surface area contributed by atoms with Crippen LogP contribution in [0.3, 0.4) is 0 Å². The maximum absolute atomic E-state index is 11.2. The third kappa shape index (κ3) is 3.49. The lowest BCUT2D eigenvalue weighted by Gasteiger charge is -2.35. The molecular weight excluding hydrogens is 198 g/mol. The topological polar surface area (TPSA) is 107 Å². The van der Waals surface area contributed by atoms with Gasteiger partial charge in [0.25, 0.3) is 5.91 Å². The van der Waals surface area contributed by atoms with Crippen LogP contribution < -0.4 is 16.8 Å². The maximum atomic E-state index is 11.2. The lowest BCUT2D eigenvalue weighted by molar-refractivity contribution is -0.139. The van der Waals surface area contributed by atoms with Crippen molar-refractivity contribution in [2.75, 3.05) is 6.54 Å². The quantitative estimate of drug-likeness (QED) is 0.577. The van der Waals surface area contributed by atoms with Crippen molar-refractivity contribution < 1.29 is 14.3 Å². The van der Waals surface area contributed by atoms with Crippen LogP contribution in [-0.4, -0.2) is 30.7 Å². The zero-order valence-corrected chi connectivity index (χ0v) is 8.73. The van der Waals surface area contributed by atoms with Crippen molar-refractivity contribution in [1.82, 2.24) is 5.32 Å². The second kappa shape index (κ2) is 5.09. The van der Waals surface area contributed by atoms with Gasteiger partial charge < -0.3 is 16.2 Å². The van der Waals surface area contributed by atoms with E-state index in [9.17, 15) is 9.59 Å². The molecule has 0 aliphatic heterocycles. The Kier molecular flexibility index (Phi) is 4.05. The molecule has 0 bridgehead atoms. The van der Waals surface area contributed by atoms with Gasteiger partial charge in [-0.2, -0.15) is 0 Å². The summed E-state index contributed by atoms with van der Waals surface area (Å²) in [6.45, 7) is 2.25. The summed E-state index contributed by atoms with van der Waals surface area (Å²) >= 11 is 0. The van der Waals surface area contributed by atoms with E-state index in [1.54, 1.807) is 6.92 Å². The predicted molar refractivity (Wildman–Crippen MR) is 53.8 cm³/mol. The van der Waals surface area contributed by atoms with Gasteiger partial charge in [0.15, 0.2) is 0 Å². The highest BCUT2D eigenvalue weighted by molar-refractivity contribution is 5.95. The summed E-state index contributed by atoms with van der Waals surface area (Å²) < 4.78 is 5.41. The van der Waals surface area contributed by atoms with Gasteiger partial charge in [-0.3, -0.25) is 10.1 Å². The molecule has 86 valence electrons. The number of nitrogens with two attached hydrogens (primary N) is 2. The zero-order valence-electron chi connectivity index (χ0n) is 8.73. The van der Waals surface area contributed by atoms with Crippen molar-refractivity contribution in [1.29, 1.82) is 0 Å². The van der Waals surface area contributed by atoms with E-state index in [1.165, 1.54) is 0 Å². The molecule has 1 rings (SSSR count). The normalized spacial score (nSPS) is 26.5. The summed E-state index contributed by atoms with van der Waals surface area (Å²) in [6, 6.07) is -0.858. The number of carbonyl (C=O) groups is 2. The molecule has 0 aromatic heterocycles. The first-order valence-corrected chi connectivity index (χ1v) is 4.98. The molecule has 1 saturated carbocycles. The monoisotopic (exact) mass is 215 g/mol. The van der Waals surface area contributed by atoms with Gasteiger partial charge >= 0.3 is 6.03 Å². The Morgan fingerprint density at radius 2 is 2.13 bits per heavy atom. The summed E-state index contributed by atoms with van der Waals surface area (Å²) in [5.74, 6) is 0.0000927. The van der Waals surface area contributed by atoms with E-state index in [1.807, 2.05) is 5.32 Å². The van der Waals surface area contributed by atoms with Crippen molar-refractivity contribution >= 4 is 11.9 Å². The van der Waals surface area contributed by atoms with Crippen LogP contribution in [0.25, 0.3) is 0 Å². The molecule has 5 N–H and O–H groups in total. The fourth-order valence-electron chi connectivity index (χ4n) is 1.55. The highest BCUT2D eigenvalue weighted by atomic mass is 16.5. The van der Waals surface area contributed by atoms with Crippen molar-refractivity contribution in [2.45, 2.75) is 32.0 Å². The van der Waals surface area contributed by atoms with Gasteiger partial charge in [0.2, 0.25) is 0 Å². The largest absolute Gasteiger partial charge is 0.365 e. The minimum absolute atomic E-state index is 0.0761. The van der Waals surface area contributed by atoms with Crippen LogP contribution in [0.5, 0.6) is 0 Å². The van der Waals surface area contributed by atoms with Gasteiger partial charge in [0.1, 0.15) is 6.10 Å². The molecule has 0 spiro atoms. The minimum atomic E-state index is -0.858. The molecule has 15 heavy (non-hydrogen) atoms. The smallest absolute Gasteiger partial charge is 0.318 e. The molecule has 3 amide bonds. The van der Waals surface area contributed by atoms with E-state index in [4.69, 9.17) is 16.2 Å². The van der Waals surface area contributed by atoms with Gasteiger partial charge in [0, 0.05) is 0 Å². The minimum Gasteiger partial charge on any atom is -0.365 e. The fourth-order valence-corrected chi connectivity index (χ4v) is 1.55. The van der Waals surface area contributed by atoms with Crippen LogP contribution in [0.1, 0.15) is 19.8 Å². The number of rotatable bonds is 4. The average Bonchev–Trinajstić information content (AvgIpc) is 2.08. The highest BCUT2D eigenvalue weighted by Gasteiger charge is 2.31. The molecule has 6 heteroatoms. The van der Waals surface area contributed by atoms with Crippen molar-refractivity contribution in [3.63, 3.8) is 0 Å². The van der Waals surface area contributed by atoms with Crippen LogP contribution in [0.2, 0.25) is 0 Å². The number of nitrogens with one attached hydrogen (secondary N) is 1. The Bertz CT molecular complexity index is 251. The SMILES string of the molecule is CC(OC1CC(CN)C1)C(=O)NC(N)=O. The molecule has 6 nitrogen and oxygen atoms in total. The van der Waals surface area contributed by atoms with E-state index in [0.29, 0.717) is 12.5 Å². The standard InChI is InChI=1S/C9H17N3O3/c1-5(8(13)12-9(11)14)15-7-2-6(3-7)4-10/h5-7H,2-4,10H2,1H3,(H3,11,12,13,14). The molecule has 1 unspecified atom stereocenters. The Labute approximate surface area is 88.3 Å². The van der Waals surface area contributed by atoms with Gasteiger partial charge in [-0.15, -0.1) is 0 Å². The maximum Gasteiger partial charge on any atom is 0.318 e. The van der Waals surface area contributed by atoms with Crippen LogP contribution in [0, 0.1) is 5.92 Å². The molecule has 1 fully saturated rings. The average molecular weight is 215 g/mol. The summed E-state index contributed by atoms with van der Waals surface area (Å²) in [5, 5.41) is 1.97. The fraction of sp³-hybridized carbons (Fsp3) is 0.778. The Hall–Kier alpha value is -1.14. The number of hydrogen-bond acceptors (Lipinski definition) is 4. The molecule has 1 atom stereocenters. The third-order valence-electron chi connectivity index (χ3n) is 2.54. The van der Waals surface area contributed by atoms with E-state index in [0.717, 1.165) is 12.8 Å². The third-order valence-corrected chi connectivity index (χ3v) is 2.54. The molecule has 1 aliphatic carbocycles. The number of urea groups is 1. The first-order chi connectivity index (χ1) is 7.02. The molecule has 0 radical (unpaired) electrons. The lowest BCUT2D eigenvalue weighted by atomic mass is 9.82. The molecule has 0 heterocycles. The number of hydrogen-bond donors (Lipinski definition) is 3. The Morgan fingerprint density at radius 1 is 1.53 bits per heavy atom. The van der Waals surface area contributed by atoms with Crippen molar-refractivity contribution in [3.05, 3.63) is 0 Å². The Balaban J connectivity index is 2.21. The molecule has 1 aliphatic rings. The predicted octanol–water partition coefficient (Wildman–Crippen LogP) is -0.676. The van der Waals surface area contributed by atoms with Gasteiger partial charge in [0.05, 0.1) is 6.10 Å². The zero-order chi connectivity index (χ0) is 11.4. The second-order valence-corrected chi connectivity index (χ2v) is 3.83. The number of carbonyl (C=O) groups excluding carboxylic acids is 2. The highest BCUT2D eigenvalue weighted by Crippen LogP contribution is 2.29. The second-order valence-electron chi connectivity index (χ2n) is 3.83. The summed E-state index contributed by atoms with van der Waals surface area (Å²) in [7, 11) is 0.